The molecule has 6 rings (SSSR count). The third kappa shape index (κ3) is 11.0. The van der Waals surface area contributed by atoms with E-state index in [4.69, 9.17) is 5.73 Å². The van der Waals surface area contributed by atoms with E-state index in [2.05, 4.69) is 82.8 Å². The monoisotopic (exact) mass is 630 g/mol. The van der Waals surface area contributed by atoms with Crippen molar-refractivity contribution < 1.29 is 0 Å². The molecule has 2 saturated heterocycles. The summed E-state index contributed by atoms with van der Waals surface area (Å²) in [5.74, 6) is 3.18. The van der Waals surface area contributed by atoms with Crippen LogP contribution in [-0.4, -0.2) is 68.2 Å². The molecule has 0 radical (unpaired) electrons. The molecule has 4 fully saturated rings. The highest BCUT2D eigenvalue weighted by Gasteiger charge is 2.29. The van der Waals surface area contributed by atoms with Gasteiger partial charge in [-0.3, -0.25) is 0 Å². The molecule has 6 heteroatoms. The summed E-state index contributed by atoms with van der Waals surface area (Å²) in [7, 11) is 2.14. The van der Waals surface area contributed by atoms with Gasteiger partial charge in [0.05, 0.1) is 0 Å². The molecular weight excluding hydrogens is 571 g/mol. The lowest BCUT2D eigenvalue weighted by Gasteiger charge is -2.38. The molecule has 0 unspecified atom stereocenters. The summed E-state index contributed by atoms with van der Waals surface area (Å²) in [6, 6.07) is 23.3. The minimum atomic E-state index is 0. The lowest BCUT2D eigenvalue weighted by molar-refractivity contribution is 0.144. The first-order valence-electron chi connectivity index (χ1n) is 17.2. The number of nitrogens with two attached hydrogens (primary N) is 1. The van der Waals surface area contributed by atoms with Gasteiger partial charge in [0.2, 0.25) is 0 Å². The first-order chi connectivity index (χ1) is 20.2. The maximum atomic E-state index is 6.29. The number of hydrogen-bond donors (Lipinski definition) is 2. The Hall–Kier alpha value is -1.14. The Morgan fingerprint density at radius 1 is 0.581 bits per heavy atom. The predicted molar refractivity (Wildman–Crippen MR) is 189 cm³/mol. The summed E-state index contributed by atoms with van der Waals surface area (Å²) in [5, 5.41) is 3.55. The van der Waals surface area contributed by atoms with Crippen molar-refractivity contribution in [1.29, 1.82) is 0 Å². The number of benzene rings is 2. The zero-order chi connectivity index (χ0) is 28.3. The molecule has 0 aromatic heterocycles. The molecule has 2 aliphatic carbocycles. The van der Waals surface area contributed by atoms with E-state index in [1.807, 2.05) is 0 Å². The zero-order valence-electron chi connectivity index (χ0n) is 26.8. The zero-order valence-corrected chi connectivity index (χ0v) is 28.4. The van der Waals surface area contributed by atoms with Crippen molar-refractivity contribution in [2.24, 2.45) is 17.6 Å². The van der Waals surface area contributed by atoms with E-state index >= 15 is 0 Å². The summed E-state index contributed by atoms with van der Waals surface area (Å²) in [6.45, 7) is 7.63. The van der Waals surface area contributed by atoms with Crippen LogP contribution in [0.4, 0.5) is 0 Å². The smallest absolute Gasteiger partial charge is 0.0104 e. The van der Waals surface area contributed by atoms with Crippen LogP contribution in [0.15, 0.2) is 60.7 Å². The van der Waals surface area contributed by atoms with Gasteiger partial charge in [-0.25, -0.2) is 0 Å². The molecule has 2 aromatic rings. The summed E-state index contributed by atoms with van der Waals surface area (Å²) >= 11 is 0. The molecule has 2 heterocycles. The predicted octanol–water partition coefficient (Wildman–Crippen LogP) is 7.87. The number of nitrogens with one attached hydrogen (secondary N) is 1. The van der Waals surface area contributed by atoms with E-state index in [1.54, 1.807) is 5.56 Å². The molecule has 4 atom stereocenters. The SMILES string of the molecule is CN[C@@H]1CCCC[C@H]1CN1CCC(c2ccccc2)CC1.Cl.Cl.N[C@@H]1CCCC[C@H]1CN1CCC(c2ccccc2)CC1. The van der Waals surface area contributed by atoms with Gasteiger partial charge in [0.1, 0.15) is 0 Å². The van der Waals surface area contributed by atoms with Gasteiger partial charge in [-0.2, -0.15) is 0 Å². The van der Waals surface area contributed by atoms with Crippen molar-refractivity contribution in [3.63, 3.8) is 0 Å². The molecule has 0 spiro atoms. The van der Waals surface area contributed by atoms with Crippen molar-refractivity contribution in [3.8, 4) is 0 Å². The Morgan fingerprint density at radius 3 is 1.47 bits per heavy atom. The van der Waals surface area contributed by atoms with Gasteiger partial charge >= 0.3 is 0 Å². The summed E-state index contributed by atoms with van der Waals surface area (Å²) in [5.41, 5.74) is 9.36. The van der Waals surface area contributed by atoms with E-state index in [0.717, 1.165) is 29.7 Å². The van der Waals surface area contributed by atoms with Gasteiger partial charge in [-0.05, 0) is 119 Å². The van der Waals surface area contributed by atoms with Crippen molar-refractivity contribution in [1.82, 2.24) is 15.1 Å². The van der Waals surface area contributed by atoms with Crippen molar-refractivity contribution in [2.45, 2.75) is 101 Å². The molecule has 4 nitrogen and oxygen atoms in total. The number of rotatable bonds is 7. The molecule has 2 saturated carbocycles. The van der Waals surface area contributed by atoms with Crippen LogP contribution in [0.3, 0.4) is 0 Å². The number of likely N-dealkylation sites (tertiary alicyclic amines) is 2. The fourth-order valence-electron chi connectivity index (χ4n) is 8.28. The first-order valence-corrected chi connectivity index (χ1v) is 17.2. The van der Waals surface area contributed by atoms with Crippen molar-refractivity contribution in [2.75, 3.05) is 46.3 Å². The van der Waals surface area contributed by atoms with Crippen LogP contribution in [0.2, 0.25) is 0 Å². The lowest BCUT2D eigenvalue weighted by atomic mass is 9.83. The molecule has 242 valence electrons. The maximum Gasteiger partial charge on any atom is 0.0104 e. The number of nitrogens with zero attached hydrogens (tertiary/aromatic N) is 2. The van der Waals surface area contributed by atoms with Crippen LogP contribution in [-0.2, 0) is 0 Å². The summed E-state index contributed by atoms with van der Waals surface area (Å²) in [4.78, 5) is 5.38. The third-order valence-corrected chi connectivity index (χ3v) is 11.0. The normalized spacial score (nSPS) is 27.7. The molecule has 0 amide bonds. The topological polar surface area (TPSA) is 44.5 Å². The lowest BCUT2D eigenvalue weighted by Crippen LogP contribution is -2.44. The minimum absolute atomic E-state index is 0. The quantitative estimate of drug-likeness (QED) is 0.327. The van der Waals surface area contributed by atoms with Crippen LogP contribution in [0.25, 0.3) is 0 Å². The van der Waals surface area contributed by atoms with Crippen LogP contribution >= 0.6 is 24.8 Å². The number of halogens is 2. The molecule has 0 bridgehead atoms. The summed E-state index contributed by atoms with van der Waals surface area (Å²) < 4.78 is 0. The molecule has 43 heavy (non-hydrogen) atoms. The first kappa shape index (κ1) is 36.3. The van der Waals surface area contributed by atoms with Gasteiger partial charge in [-0.1, -0.05) is 86.3 Å². The van der Waals surface area contributed by atoms with Crippen LogP contribution in [0.1, 0.15) is 100 Å². The highest BCUT2D eigenvalue weighted by atomic mass is 35.5. The highest BCUT2D eigenvalue weighted by Crippen LogP contribution is 2.32. The molecular formula is C37H60Cl2N4. The van der Waals surface area contributed by atoms with Gasteiger partial charge in [-0.15, -0.1) is 24.8 Å². The Labute approximate surface area is 275 Å². The second kappa shape index (κ2) is 19.4. The van der Waals surface area contributed by atoms with Crippen LogP contribution in [0.5, 0.6) is 0 Å². The number of hydrogen-bond acceptors (Lipinski definition) is 4. The second-order valence-corrected chi connectivity index (χ2v) is 13.6. The maximum absolute atomic E-state index is 6.29. The molecule has 3 N–H and O–H groups in total. The van der Waals surface area contributed by atoms with E-state index < -0.39 is 0 Å². The fourth-order valence-corrected chi connectivity index (χ4v) is 8.28. The Balaban J connectivity index is 0.000000225. The molecule has 2 aromatic carbocycles. The van der Waals surface area contributed by atoms with Gasteiger partial charge in [0.25, 0.3) is 0 Å². The minimum Gasteiger partial charge on any atom is -0.327 e. The molecule has 4 aliphatic rings. The van der Waals surface area contributed by atoms with E-state index in [1.165, 1.54) is 122 Å². The average Bonchev–Trinajstić information content (AvgIpc) is 3.04. The Bertz CT molecular complexity index is 977. The van der Waals surface area contributed by atoms with Crippen molar-refractivity contribution >= 4 is 24.8 Å². The van der Waals surface area contributed by atoms with Gasteiger partial charge in [0.15, 0.2) is 0 Å². The number of piperidine rings is 2. The average molecular weight is 632 g/mol. The van der Waals surface area contributed by atoms with Crippen LogP contribution in [0, 0.1) is 11.8 Å². The fraction of sp³-hybridized carbons (Fsp3) is 0.676. The van der Waals surface area contributed by atoms with E-state index in [0.29, 0.717) is 6.04 Å². The van der Waals surface area contributed by atoms with E-state index in [-0.39, 0.29) is 24.8 Å². The molecule has 2 aliphatic heterocycles. The van der Waals surface area contributed by atoms with Crippen LogP contribution < -0.4 is 11.1 Å². The highest BCUT2D eigenvalue weighted by molar-refractivity contribution is 5.85. The standard InChI is InChI=1S/C19H30N2.C18H28N2.2ClH/c1-20-19-10-6-5-9-18(19)15-21-13-11-17(12-14-21)16-7-3-2-4-8-16;19-18-9-5-4-8-17(18)14-20-12-10-16(11-13-20)15-6-2-1-3-7-15;;/h2-4,7-8,17-20H,5-6,9-15H2,1H3;1-3,6-7,16-18H,4-5,8-14,19H2;2*1H/t18-,19+;17-,18+;;/m00../s1. The second-order valence-electron chi connectivity index (χ2n) is 13.6. The van der Waals surface area contributed by atoms with Gasteiger partial charge < -0.3 is 20.9 Å². The Kier molecular flexibility index (Phi) is 16.4. The largest absolute Gasteiger partial charge is 0.327 e. The third-order valence-electron chi connectivity index (χ3n) is 11.0. The summed E-state index contributed by atoms with van der Waals surface area (Å²) in [6.07, 6.45) is 16.3. The van der Waals surface area contributed by atoms with E-state index in [9.17, 15) is 0 Å². The van der Waals surface area contributed by atoms with Crippen molar-refractivity contribution in [3.05, 3.63) is 71.8 Å². The Morgan fingerprint density at radius 2 is 1.00 bits per heavy atom. The van der Waals surface area contributed by atoms with Gasteiger partial charge in [0, 0.05) is 25.2 Å².